The molecular formula is C16H25N3O3. The van der Waals surface area contributed by atoms with Crippen LogP contribution in [0.4, 0.5) is 11.4 Å². The van der Waals surface area contributed by atoms with Crippen molar-refractivity contribution in [1.29, 1.82) is 0 Å². The molecule has 0 radical (unpaired) electrons. The van der Waals surface area contributed by atoms with Gasteiger partial charge in [-0.2, -0.15) is 0 Å². The first-order chi connectivity index (χ1) is 10.6. The van der Waals surface area contributed by atoms with Gasteiger partial charge in [-0.1, -0.05) is 13.0 Å². The number of benzene rings is 1. The highest BCUT2D eigenvalue weighted by Gasteiger charge is 2.09. The van der Waals surface area contributed by atoms with E-state index in [1.807, 2.05) is 19.1 Å². The fourth-order valence-corrected chi connectivity index (χ4v) is 1.88. The van der Waals surface area contributed by atoms with Crippen molar-refractivity contribution in [3.63, 3.8) is 0 Å². The maximum atomic E-state index is 11.9. The number of rotatable bonds is 9. The third-order valence-electron chi connectivity index (χ3n) is 3.19. The van der Waals surface area contributed by atoms with Crippen LogP contribution in [0.3, 0.4) is 0 Å². The van der Waals surface area contributed by atoms with Crippen LogP contribution in [0.5, 0.6) is 0 Å². The highest BCUT2D eigenvalue weighted by Crippen LogP contribution is 2.23. The lowest BCUT2D eigenvalue weighted by Crippen LogP contribution is -2.29. The van der Waals surface area contributed by atoms with Gasteiger partial charge in [-0.05, 0) is 37.6 Å². The van der Waals surface area contributed by atoms with Gasteiger partial charge in [0.15, 0.2) is 0 Å². The van der Waals surface area contributed by atoms with Gasteiger partial charge in [0.25, 0.3) is 0 Å². The molecule has 0 unspecified atom stereocenters. The average Bonchev–Trinajstić information content (AvgIpc) is 2.51. The Morgan fingerprint density at radius 3 is 2.36 bits per heavy atom. The van der Waals surface area contributed by atoms with E-state index < -0.39 is 0 Å². The Hall–Kier alpha value is -1.92. The first-order valence-electron chi connectivity index (χ1n) is 7.47. The van der Waals surface area contributed by atoms with E-state index in [0.29, 0.717) is 18.7 Å². The van der Waals surface area contributed by atoms with Gasteiger partial charge in [0, 0.05) is 31.5 Å². The smallest absolute Gasteiger partial charge is 0.238 e. The van der Waals surface area contributed by atoms with Gasteiger partial charge in [0.2, 0.25) is 11.8 Å². The van der Waals surface area contributed by atoms with Crippen molar-refractivity contribution in [3.8, 4) is 0 Å². The molecule has 0 aromatic heterocycles. The monoisotopic (exact) mass is 307 g/mol. The molecule has 3 N–H and O–H groups in total. The number of nitrogens with one attached hydrogen (secondary N) is 3. The Bertz CT molecular complexity index is 503. The van der Waals surface area contributed by atoms with E-state index in [1.165, 1.54) is 0 Å². The normalized spacial score (nSPS) is 10.3. The lowest BCUT2D eigenvalue weighted by Gasteiger charge is -2.13. The van der Waals surface area contributed by atoms with Crippen molar-refractivity contribution in [3.05, 3.63) is 23.8 Å². The molecule has 0 saturated heterocycles. The molecular weight excluding hydrogens is 282 g/mol. The second-order valence-corrected chi connectivity index (χ2v) is 4.95. The Balaban J connectivity index is 2.52. The number of hydrogen-bond donors (Lipinski definition) is 3. The van der Waals surface area contributed by atoms with E-state index in [2.05, 4.69) is 16.0 Å². The van der Waals surface area contributed by atoms with Crippen molar-refractivity contribution in [2.24, 2.45) is 0 Å². The van der Waals surface area contributed by atoms with Crippen LogP contribution >= 0.6 is 0 Å². The highest BCUT2D eigenvalue weighted by atomic mass is 16.5. The zero-order chi connectivity index (χ0) is 16.4. The van der Waals surface area contributed by atoms with Crippen LogP contribution < -0.4 is 16.0 Å². The Morgan fingerprint density at radius 1 is 1.14 bits per heavy atom. The predicted octanol–water partition coefficient (Wildman–Crippen LogP) is 1.91. The Kier molecular flexibility index (Phi) is 8.17. The van der Waals surface area contributed by atoms with E-state index in [9.17, 15) is 9.59 Å². The molecule has 0 aliphatic carbocycles. The summed E-state index contributed by atoms with van der Waals surface area (Å²) in [7, 11) is 1.65. The fourth-order valence-electron chi connectivity index (χ4n) is 1.88. The van der Waals surface area contributed by atoms with Crippen molar-refractivity contribution < 1.29 is 14.3 Å². The van der Waals surface area contributed by atoms with E-state index in [4.69, 9.17) is 4.74 Å². The van der Waals surface area contributed by atoms with Gasteiger partial charge in [-0.3, -0.25) is 9.59 Å². The number of methoxy groups -OCH3 is 1. The van der Waals surface area contributed by atoms with Gasteiger partial charge in [0.05, 0.1) is 6.54 Å². The topological polar surface area (TPSA) is 79.5 Å². The molecule has 0 heterocycles. The summed E-state index contributed by atoms with van der Waals surface area (Å²) in [5.41, 5.74) is 2.27. The predicted molar refractivity (Wildman–Crippen MR) is 88.1 cm³/mol. The molecule has 6 heteroatoms. The van der Waals surface area contributed by atoms with Crippen molar-refractivity contribution in [2.45, 2.75) is 26.7 Å². The zero-order valence-corrected chi connectivity index (χ0v) is 13.5. The third kappa shape index (κ3) is 6.24. The lowest BCUT2D eigenvalue weighted by atomic mass is 10.1. The minimum absolute atomic E-state index is 0.0496. The van der Waals surface area contributed by atoms with Crippen LogP contribution in [0.15, 0.2) is 18.2 Å². The molecule has 122 valence electrons. The van der Waals surface area contributed by atoms with E-state index in [1.54, 1.807) is 20.1 Å². The summed E-state index contributed by atoms with van der Waals surface area (Å²) >= 11 is 0. The molecule has 0 saturated carbocycles. The third-order valence-corrected chi connectivity index (χ3v) is 3.19. The van der Waals surface area contributed by atoms with Crippen molar-refractivity contribution in [2.75, 3.05) is 37.4 Å². The van der Waals surface area contributed by atoms with Crippen LogP contribution in [0.25, 0.3) is 0 Å². The van der Waals surface area contributed by atoms with Crippen LogP contribution in [0.2, 0.25) is 0 Å². The van der Waals surface area contributed by atoms with Crippen LogP contribution in [0.1, 0.15) is 25.3 Å². The molecule has 0 bridgehead atoms. The summed E-state index contributed by atoms with van der Waals surface area (Å²) in [6.07, 6.45) is 1.28. The largest absolute Gasteiger partial charge is 0.385 e. The minimum Gasteiger partial charge on any atom is -0.385 e. The second-order valence-electron chi connectivity index (χ2n) is 4.95. The van der Waals surface area contributed by atoms with Gasteiger partial charge in [0.1, 0.15) is 0 Å². The van der Waals surface area contributed by atoms with Gasteiger partial charge >= 0.3 is 0 Å². The summed E-state index contributed by atoms with van der Waals surface area (Å²) < 4.78 is 4.94. The summed E-state index contributed by atoms with van der Waals surface area (Å²) in [6, 6.07) is 5.45. The van der Waals surface area contributed by atoms with Gasteiger partial charge in [-0.25, -0.2) is 0 Å². The molecule has 22 heavy (non-hydrogen) atoms. The number of ether oxygens (including phenoxy) is 1. The second kappa shape index (κ2) is 9.92. The number of anilines is 2. The number of amides is 2. The fraction of sp³-hybridized carbons (Fsp3) is 0.500. The summed E-state index contributed by atoms with van der Waals surface area (Å²) in [6.45, 7) is 5.31. The Labute approximate surface area is 131 Å². The molecule has 0 atom stereocenters. The van der Waals surface area contributed by atoms with Gasteiger partial charge in [-0.15, -0.1) is 0 Å². The van der Waals surface area contributed by atoms with Gasteiger partial charge < -0.3 is 20.7 Å². The zero-order valence-electron chi connectivity index (χ0n) is 13.5. The molecule has 6 nitrogen and oxygen atoms in total. The quantitative estimate of drug-likeness (QED) is 0.609. The average molecular weight is 307 g/mol. The molecule has 0 aliphatic rings. The van der Waals surface area contributed by atoms with Crippen LogP contribution in [-0.2, 0) is 14.3 Å². The Morgan fingerprint density at radius 2 is 1.77 bits per heavy atom. The molecule has 1 rings (SSSR count). The molecule has 2 amide bonds. The first-order valence-corrected chi connectivity index (χ1v) is 7.47. The van der Waals surface area contributed by atoms with E-state index >= 15 is 0 Å². The van der Waals surface area contributed by atoms with Crippen LogP contribution in [-0.4, -0.2) is 38.6 Å². The summed E-state index contributed by atoms with van der Waals surface area (Å²) in [5, 5.41) is 8.72. The standard InChI is InChI=1S/C16H25N3O3/c1-4-15(20)18-13-7-5-8-14(12(13)2)19-16(21)11-17-9-6-10-22-3/h5,7-8,17H,4,6,9-11H2,1-3H3,(H,18,20)(H,19,21). The molecule has 0 aliphatic heterocycles. The molecule has 0 spiro atoms. The van der Waals surface area contributed by atoms with Crippen molar-refractivity contribution in [1.82, 2.24) is 5.32 Å². The SMILES string of the molecule is CCC(=O)Nc1cccc(NC(=O)CNCCCOC)c1C. The van der Waals surface area contributed by atoms with E-state index in [0.717, 1.165) is 24.2 Å². The molecule has 1 aromatic rings. The number of hydrogen-bond acceptors (Lipinski definition) is 4. The highest BCUT2D eigenvalue weighted by molar-refractivity contribution is 5.96. The summed E-state index contributed by atoms with van der Waals surface area (Å²) in [4.78, 5) is 23.4. The first kappa shape index (κ1) is 18.1. The number of carbonyl (C=O) groups is 2. The maximum absolute atomic E-state index is 11.9. The minimum atomic E-state index is -0.112. The lowest BCUT2D eigenvalue weighted by molar-refractivity contribution is -0.116. The summed E-state index contributed by atoms with van der Waals surface area (Å²) in [5.74, 6) is -0.161. The van der Waals surface area contributed by atoms with Crippen LogP contribution in [0, 0.1) is 6.92 Å². The maximum Gasteiger partial charge on any atom is 0.238 e. The molecule has 0 fully saturated rings. The number of carbonyl (C=O) groups excluding carboxylic acids is 2. The van der Waals surface area contributed by atoms with Crippen molar-refractivity contribution >= 4 is 23.2 Å². The molecule has 1 aromatic carbocycles. The van der Waals surface area contributed by atoms with E-state index in [-0.39, 0.29) is 18.4 Å².